The van der Waals surface area contributed by atoms with Gasteiger partial charge in [0.1, 0.15) is 11.2 Å². The third kappa shape index (κ3) is 5.84. The lowest BCUT2D eigenvalue weighted by Gasteiger charge is -2.10. The highest BCUT2D eigenvalue weighted by molar-refractivity contribution is 5.90. The molecule has 0 aromatic carbocycles. The molecule has 0 unspecified atom stereocenters. The molecule has 8 heteroatoms. The summed E-state index contributed by atoms with van der Waals surface area (Å²) in [6, 6.07) is 5.05. The zero-order valence-electron chi connectivity index (χ0n) is 18.7. The summed E-state index contributed by atoms with van der Waals surface area (Å²) in [5.74, 6) is -0.364. The molecule has 0 atom stereocenters. The fraction of sp³-hybridized carbons (Fsp3) is 0.375. The molecule has 3 aromatic rings. The minimum atomic E-state index is -0.539. The Labute approximate surface area is 186 Å². The molecule has 3 aromatic heterocycles. The number of unbranched alkanes of at least 4 members (excludes halogenated alkanes) is 1. The van der Waals surface area contributed by atoms with E-state index < -0.39 is 5.82 Å². The van der Waals surface area contributed by atoms with Gasteiger partial charge in [0.05, 0.1) is 24.9 Å². The first-order valence-electron chi connectivity index (χ1n) is 10.8. The summed E-state index contributed by atoms with van der Waals surface area (Å²) in [5.41, 5.74) is 1.59. The standard InChI is InChI=1S/C24H29FN4O3/c1-4-5-6-7-10-21(30)28-19-9-8-11-29(24(19)31)14-17-12-20-22(27-17)23(18(25)13-26-20)32-15-16(2)3/h4-5,8-9,11-13,16,27H,6-7,10,14-15H2,1-3H3,(H,28,30)/b5-4+. The number of pyridine rings is 2. The molecule has 7 nitrogen and oxygen atoms in total. The molecule has 0 spiro atoms. The molecule has 0 saturated heterocycles. The van der Waals surface area contributed by atoms with E-state index in [-0.39, 0.29) is 35.4 Å². The number of nitrogens with zero attached hydrogens (tertiary/aromatic N) is 2. The van der Waals surface area contributed by atoms with Crippen molar-refractivity contribution in [1.82, 2.24) is 14.5 Å². The molecule has 170 valence electrons. The summed E-state index contributed by atoms with van der Waals surface area (Å²) in [6.45, 7) is 6.49. The molecule has 0 fully saturated rings. The van der Waals surface area contributed by atoms with E-state index in [0.29, 0.717) is 29.8 Å². The lowest BCUT2D eigenvalue weighted by molar-refractivity contribution is -0.116. The molecular weight excluding hydrogens is 411 g/mol. The summed E-state index contributed by atoms with van der Waals surface area (Å²) in [7, 11) is 0. The van der Waals surface area contributed by atoms with Crippen LogP contribution in [0.4, 0.5) is 10.1 Å². The Morgan fingerprint density at radius 1 is 1.41 bits per heavy atom. The Bertz CT molecular complexity index is 1160. The van der Waals surface area contributed by atoms with Gasteiger partial charge >= 0.3 is 0 Å². The molecule has 32 heavy (non-hydrogen) atoms. The van der Waals surface area contributed by atoms with E-state index in [4.69, 9.17) is 4.74 Å². The van der Waals surface area contributed by atoms with Gasteiger partial charge in [-0.1, -0.05) is 26.0 Å². The van der Waals surface area contributed by atoms with E-state index in [0.717, 1.165) is 19.0 Å². The second kappa shape index (κ2) is 10.7. The number of hydrogen-bond donors (Lipinski definition) is 2. The molecule has 1 amide bonds. The smallest absolute Gasteiger partial charge is 0.274 e. The molecule has 3 heterocycles. The van der Waals surface area contributed by atoms with Crippen molar-refractivity contribution in [1.29, 1.82) is 0 Å². The monoisotopic (exact) mass is 440 g/mol. The molecule has 0 radical (unpaired) electrons. The Balaban J connectivity index is 1.77. The predicted octanol–water partition coefficient (Wildman–Crippen LogP) is 4.63. The summed E-state index contributed by atoms with van der Waals surface area (Å²) < 4.78 is 21.4. The van der Waals surface area contributed by atoms with Crippen LogP contribution in [0.15, 0.2) is 47.5 Å². The number of carbonyl (C=O) groups excluding carboxylic acids is 1. The van der Waals surface area contributed by atoms with Crippen LogP contribution in [0.25, 0.3) is 11.0 Å². The average Bonchev–Trinajstić information content (AvgIpc) is 3.16. The number of nitrogens with one attached hydrogen (secondary N) is 2. The maximum Gasteiger partial charge on any atom is 0.274 e. The van der Waals surface area contributed by atoms with E-state index in [9.17, 15) is 14.0 Å². The van der Waals surface area contributed by atoms with Crippen molar-refractivity contribution in [3.63, 3.8) is 0 Å². The molecule has 3 rings (SSSR count). The normalized spacial score (nSPS) is 11.5. The zero-order valence-corrected chi connectivity index (χ0v) is 18.7. The van der Waals surface area contributed by atoms with Gasteiger partial charge in [0.15, 0.2) is 11.6 Å². The average molecular weight is 441 g/mol. The molecule has 0 aliphatic heterocycles. The van der Waals surface area contributed by atoms with Crippen LogP contribution >= 0.6 is 0 Å². The maximum absolute atomic E-state index is 14.3. The third-order valence-corrected chi connectivity index (χ3v) is 4.82. The van der Waals surface area contributed by atoms with Gasteiger partial charge in [-0.05, 0) is 43.9 Å². The highest BCUT2D eigenvalue weighted by atomic mass is 19.1. The van der Waals surface area contributed by atoms with E-state index in [1.54, 1.807) is 24.4 Å². The molecule has 0 saturated carbocycles. The van der Waals surface area contributed by atoms with E-state index in [1.807, 2.05) is 32.9 Å². The second-order valence-electron chi connectivity index (χ2n) is 8.06. The Morgan fingerprint density at radius 3 is 2.97 bits per heavy atom. The quantitative estimate of drug-likeness (QED) is 0.355. The summed E-state index contributed by atoms with van der Waals surface area (Å²) >= 11 is 0. The van der Waals surface area contributed by atoms with Crippen molar-refractivity contribution in [3.8, 4) is 5.75 Å². The van der Waals surface area contributed by atoms with Crippen molar-refractivity contribution < 1.29 is 13.9 Å². The molecular formula is C24H29FN4O3. The number of allylic oxidation sites excluding steroid dienone is 2. The summed E-state index contributed by atoms with van der Waals surface area (Å²) in [5, 5.41) is 2.70. The first kappa shape index (κ1) is 23.2. The highest BCUT2D eigenvalue weighted by Crippen LogP contribution is 2.28. The number of anilines is 1. The van der Waals surface area contributed by atoms with Gasteiger partial charge in [-0.3, -0.25) is 14.6 Å². The fourth-order valence-electron chi connectivity index (χ4n) is 3.25. The fourth-order valence-corrected chi connectivity index (χ4v) is 3.25. The third-order valence-electron chi connectivity index (χ3n) is 4.82. The van der Waals surface area contributed by atoms with Crippen molar-refractivity contribution in [2.75, 3.05) is 11.9 Å². The van der Waals surface area contributed by atoms with Crippen LogP contribution in [-0.4, -0.2) is 27.0 Å². The number of hydrogen-bond acceptors (Lipinski definition) is 4. The predicted molar refractivity (Wildman–Crippen MR) is 123 cm³/mol. The van der Waals surface area contributed by atoms with E-state index in [2.05, 4.69) is 15.3 Å². The molecule has 0 aliphatic carbocycles. The number of halogens is 1. The number of ether oxygens (including phenoxy) is 1. The van der Waals surface area contributed by atoms with Gasteiger partial charge < -0.3 is 19.6 Å². The topological polar surface area (TPSA) is 89.0 Å². The Hall–Kier alpha value is -3.42. The minimum absolute atomic E-state index is 0.126. The van der Waals surface area contributed by atoms with Crippen molar-refractivity contribution in [2.45, 2.75) is 46.6 Å². The largest absolute Gasteiger partial charge is 0.488 e. The van der Waals surface area contributed by atoms with Crippen molar-refractivity contribution in [2.24, 2.45) is 5.92 Å². The SMILES string of the molecule is C/C=C/CCCC(=O)Nc1cccn(Cc2cc3ncc(F)c(OCC(C)C)c3[nH]2)c1=O. The summed E-state index contributed by atoms with van der Waals surface area (Å²) in [6.07, 6.45) is 8.60. The van der Waals surface area contributed by atoms with E-state index >= 15 is 0 Å². The van der Waals surface area contributed by atoms with E-state index in [1.165, 1.54) is 4.57 Å². The Kier molecular flexibility index (Phi) is 7.81. The van der Waals surface area contributed by atoms with Crippen LogP contribution in [0.5, 0.6) is 5.75 Å². The second-order valence-corrected chi connectivity index (χ2v) is 8.06. The maximum atomic E-state index is 14.3. The molecule has 2 N–H and O–H groups in total. The highest BCUT2D eigenvalue weighted by Gasteiger charge is 2.15. The van der Waals surface area contributed by atoms with Gasteiger partial charge in [0, 0.05) is 18.3 Å². The van der Waals surface area contributed by atoms with Crippen LogP contribution in [0.2, 0.25) is 0 Å². The van der Waals surface area contributed by atoms with Crippen LogP contribution in [0, 0.1) is 11.7 Å². The number of carbonyl (C=O) groups is 1. The number of aromatic nitrogens is 3. The van der Waals surface area contributed by atoms with Gasteiger partial charge in [0.2, 0.25) is 5.91 Å². The van der Waals surface area contributed by atoms with Crippen LogP contribution in [0.3, 0.4) is 0 Å². The van der Waals surface area contributed by atoms with Gasteiger partial charge in [-0.2, -0.15) is 0 Å². The molecule has 0 bridgehead atoms. The minimum Gasteiger partial charge on any atom is -0.488 e. The number of H-pyrrole nitrogens is 1. The first-order valence-corrected chi connectivity index (χ1v) is 10.8. The molecule has 0 aliphatic rings. The zero-order chi connectivity index (χ0) is 23.1. The lowest BCUT2D eigenvalue weighted by Crippen LogP contribution is -2.25. The number of rotatable bonds is 10. The van der Waals surface area contributed by atoms with Gasteiger partial charge in [0.25, 0.3) is 5.56 Å². The Morgan fingerprint density at radius 2 is 2.22 bits per heavy atom. The van der Waals surface area contributed by atoms with Crippen LogP contribution < -0.4 is 15.6 Å². The lowest BCUT2D eigenvalue weighted by atomic mass is 10.2. The number of fused-ring (bicyclic) bond motifs is 1. The number of amides is 1. The van der Waals surface area contributed by atoms with Gasteiger partial charge in [-0.25, -0.2) is 4.39 Å². The van der Waals surface area contributed by atoms with Gasteiger partial charge in [-0.15, -0.1) is 0 Å². The van der Waals surface area contributed by atoms with Crippen molar-refractivity contribution in [3.05, 3.63) is 64.6 Å². The summed E-state index contributed by atoms with van der Waals surface area (Å²) in [4.78, 5) is 32.2. The van der Waals surface area contributed by atoms with Crippen molar-refractivity contribution >= 4 is 22.6 Å². The first-order chi connectivity index (χ1) is 15.4. The van der Waals surface area contributed by atoms with Crippen LogP contribution in [-0.2, 0) is 11.3 Å². The van der Waals surface area contributed by atoms with Crippen LogP contribution in [0.1, 0.15) is 45.7 Å². The number of aromatic amines is 1.